The lowest BCUT2D eigenvalue weighted by Gasteiger charge is -2.05. The molecule has 0 aliphatic carbocycles. The van der Waals surface area contributed by atoms with Gasteiger partial charge in [0.05, 0.1) is 0 Å². The molecule has 0 aromatic heterocycles. The number of ether oxygens (including phenoxy) is 1. The van der Waals surface area contributed by atoms with E-state index in [0.29, 0.717) is 0 Å². The number of hydrogen-bond acceptors (Lipinski definition) is 2. The van der Waals surface area contributed by atoms with Crippen LogP contribution in [-0.4, -0.2) is 11.2 Å². The van der Waals surface area contributed by atoms with Crippen molar-refractivity contribution in [3.63, 3.8) is 0 Å². The third-order valence-electron chi connectivity index (χ3n) is 2.24. The molecule has 2 rings (SSSR count). The van der Waals surface area contributed by atoms with Crippen molar-refractivity contribution in [2.45, 2.75) is 13.0 Å². The Bertz CT molecular complexity index is 562. The fraction of sp³-hybridized carbons (Fsp3) is 0.125. The van der Waals surface area contributed by atoms with Crippen LogP contribution in [0.5, 0.6) is 11.5 Å². The third-order valence-corrected chi connectivity index (χ3v) is 2.24. The molecule has 2 aromatic carbocycles. The van der Waals surface area contributed by atoms with E-state index in [9.17, 15) is 0 Å². The van der Waals surface area contributed by atoms with Crippen LogP contribution in [0.25, 0.3) is 0 Å². The highest BCUT2D eigenvalue weighted by Gasteiger charge is 1.97. The van der Waals surface area contributed by atoms with Gasteiger partial charge in [0.1, 0.15) is 17.6 Å². The molecular weight excluding hydrogens is 224 g/mol. The molecule has 1 atom stereocenters. The summed E-state index contributed by atoms with van der Waals surface area (Å²) in [6, 6.07) is 17.1. The van der Waals surface area contributed by atoms with Crippen molar-refractivity contribution in [3.05, 3.63) is 60.2 Å². The highest BCUT2D eigenvalue weighted by atomic mass is 16.5. The second-order valence-corrected chi connectivity index (χ2v) is 3.89. The van der Waals surface area contributed by atoms with Crippen LogP contribution in [0, 0.1) is 11.8 Å². The molecular formula is C16H14O2. The smallest absolute Gasteiger partial charge is 0.128 e. The van der Waals surface area contributed by atoms with E-state index in [1.54, 1.807) is 6.92 Å². The largest absolute Gasteiger partial charge is 0.457 e. The van der Waals surface area contributed by atoms with Gasteiger partial charge in [-0.1, -0.05) is 36.1 Å². The van der Waals surface area contributed by atoms with Crippen LogP contribution in [0.15, 0.2) is 54.6 Å². The minimum Gasteiger partial charge on any atom is -0.457 e. The van der Waals surface area contributed by atoms with E-state index in [1.165, 1.54) is 0 Å². The van der Waals surface area contributed by atoms with Crippen LogP contribution in [0.2, 0.25) is 0 Å². The van der Waals surface area contributed by atoms with Crippen molar-refractivity contribution >= 4 is 0 Å². The summed E-state index contributed by atoms with van der Waals surface area (Å²) in [5.74, 6) is 7.12. The predicted octanol–water partition coefficient (Wildman–Crippen LogP) is 3.21. The lowest BCUT2D eigenvalue weighted by Crippen LogP contribution is -1.92. The molecule has 0 bridgehead atoms. The summed E-state index contributed by atoms with van der Waals surface area (Å²) < 4.78 is 5.70. The first kappa shape index (κ1) is 12.2. The molecule has 0 saturated heterocycles. The van der Waals surface area contributed by atoms with Crippen LogP contribution in [0.4, 0.5) is 0 Å². The number of hydrogen-bond donors (Lipinski definition) is 1. The molecule has 0 fully saturated rings. The average Bonchev–Trinajstić information content (AvgIpc) is 2.38. The Morgan fingerprint density at radius 3 is 2.44 bits per heavy atom. The molecule has 2 nitrogen and oxygen atoms in total. The number of rotatable bonds is 2. The van der Waals surface area contributed by atoms with Gasteiger partial charge in [0.2, 0.25) is 0 Å². The van der Waals surface area contributed by atoms with Gasteiger partial charge in [0, 0.05) is 5.56 Å². The summed E-state index contributed by atoms with van der Waals surface area (Å²) in [5.41, 5.74) is 0.823. The normalized spacial score (nSPS) is 11.2. The monoisotopic (exact) mass is 238 g/mol. The SMILES string of the molecule is CC(O)C#Cc1cccc(Oc2ccccc2)c1. The number of aliphatic hydroxyl groups is 1. The van der Waals surface area contributed by atoms with E-state index in [-0.39, 0.29) is 0 Å². The van der Waals surface area contributed by atoms with Crippen LogP contribution in [0.3, 0.4) is 0 Å². The van der Waals surface area contributed by atoms with Crippen molar-refractivity contribution in [1.29, 1.82) is 0 Å². The zero-order valence-electron chi connectivity index (χ0n) is 10.1. The van der Waals surface area contributed by atoms with Crippen LogP contribution in [-0.2, 0) is 0 Å². The molecule has 1 N–H and O–H groups in total. The first-order valence-corrected chi connectivity index (χ1v) is 5.76. The maximum Gasteiger partial charge on any atom is 0.128 e. The Kier molecular flexibility index (Phi) is 4.01. The Morgan fingerprint density at radius 1 is 1.00 bits per heavy atom. The van der Waals surface area contributed by atoms with Crippen molar-refractivity contribution in [2.75, 3.05) is 0 Å². The summed E-state index contributed by atoms with van der Waals surface area (Å²) >= 11 is 0. The molecule has 90 valence electrons. The Labute approximate surface area is 107 Å². The molecule has 0 aliphatic heterocycles. The number of para-hydroxylation sites is 1. The summed E-state index contributed by atoms with van der Waals surface area (Å²) in [6.07, 6.45) is -0.622. The maximum absolute atomic E-state index is 9.11. The summed E-state index contributed by atoms with van der Waals surface area (Å²) in [7, 11) is 0. The third kappa shape index (κ3) is 3.65. The van der Waals surface area contributed by atoms with E-state index >= 15 is 0 Å². The fourth-order valence-corrected chi connectivity index (χ4v) is 1.45. The van der Waals surface area contributed by atoms with E-state index in [4.69, 9.17) is 9.84 Å². The molecule has 2 aromatic rings. The van der Waals surface area contributed by atoms with Gasteiger partial charge in [-0.2, -0.15) is 0 Å². The molecule has 0 spiro atoms. The Balaban J connectivity index is 2.16. The standard InChI is InChI=1S/C16H14O2/c1-13(17)10-11-14-6-5-9-16(12-14)18-15-7-3-2-4-8-15/h2-9,12-13,17H,1H3. The van der Waals surface area contributed by atoms with Gasteiger partial charge in [0.15, 0.2) is 0 Å². The van der Waals surface area contributed by atoms with Gasteiger partial charge in [-0.25, -0.2) is 0 Å². The van der Waals surface area contributed by atoms with Gasteiger partial charge in [0.25, 0.3) is 0 Å². The van der Waals surface area contributed by atoms with Crippen molar-refractivity contribution in [3.8, 4) is 23.3 Å². The first-order chi connectivity index (χ1) is 8.74. The maximum atomic E-state index is 9.11. The van der Waals surface area contributed by atoms with Gasteiger partial charge < -0.3 is 9.84 Å². The number of benzene rings is 2. The molecule has 1 unspecified atom stereocenters. The highest BCUT2D eigenvalue weighted by Crippen LogP contribution is 2.21. The molecule has 0 amide bonds. The van der Waals surface area contributed by atoms with E-state index < -0.39 is 6.10 Å². The van der Waals surface area contributed by atoms with E-state index in [2.05, 4.69) is 11.8 Å². The summed E-state index contributed by atoms with van der Waals surface area (Å²) in [5, 5.41) is 9.11. The topological polar surface area (TPSA) is 29.5 Å². The zero-order valence-corrected chi connectivity index (χ0v) is 10.1. The van der Waals surface area contributed by atoms with E-state index in [1.807, 2.05) is 54.6 Å². The molecule has 18 heavy (non-hydrogen) atoms. The van der Waals surface area contributed by atoms with Gasteiger partial charge >= 0.3 is 0 Å². The van der Waals surface area contributed by atoms with Crippen molar-refractivity contribution < 1.29 is 9.84 Å². The minimum absolute atomic E-state index is 0.622. The Morgan fingerprint density at radius 2 is 1.72 bits per heavy atom. The molecule has 0 heterocycles. The average molecular weight is 238 g/mol. The Hall–Kier alpha value is -2.24. The second kappa shape index (κ2) is 5.90. The predicted molar refractivity (Wildman–Crippen MR) is 71.5 cm³/mol. The van der Waals surface area contributed by atoms with Crippen molar-refractivity contribution in [2.24, 2.45) is 0 Å². The molecule has 2 heteroatoms. The summed E-state index contributed by atoms with van der Waals surface area (Å²) in [6.45, 7) is 1.64. The molecule has 0 radical (unpaired) electrons. The lowest BCUT2D eigenvalue weighted by molar-refractivity contribution is 0.253. The second-order valence-electron chi connectivity index (χ2n) is 3.89. The first-order valence-electron chi connectivity index (χ1n) is 5.76. The van der Waals surface area contributed by atoms with Crippen LogP contribution < -0.4 is 4.74 Å². The van der Waals surface area contributed by atoms with Crippen LogP contribution in [0.1, 0.15) is 12.5 Å². The minimum atomic E-state index is -0.622. The summed E-state index contributed by atoms with van der Waals surface area (Å²) in [4.78, 5) is 0. The van der Waals surface area contributed by atoms with Crippen LogP contribution >= 0.6 is 0 Å². The van der Waals surface area contributed by atoms with Gasteiger partial charge in [-0.05, 0) is 37.3 Å². The highest BCUT2D eigenvalue weighted by molar-refractivity contribution is 5.41. The van der Waals surface area contributed by atoms with Gasteiger partial charge in [-0.15, -0.1) is 0 Å². The fourth-order valence-electron chi connectivity index (χ4n) is 1.45. The zero-order chi connectivity index (χ0) is 12.8. The van der Waals surface area contributed by atoms with Crippen molar-refractivity contribution in [1.82, 2.24) is 0 Å². The van der Waals surface area contributed by atoms with E-state index in [0.717, 1.165) is 17.1 Å². The molecule has 0 aliphatic rings. The number of aliphatic hydroxyl groups excluding tert-OH is 1. The van der Waals surface area contributed by atoms with Gasteiger partial charge in [-0.3, -0.25) is 0 Å². The lowest BCUT2D eigenvalue weighted by atomic mass is 10.2. The molecule has 0 saturated carbocycles. The quantitative estimate of drug-likeness (QED) is 0.814.